The number of rotatable bonds is 8. The van der Waals surface area contributed by atoms with Crippen LogP contribution in [0.25, 0.3) is 0 Å². The number of nitrogens with one attached hydrogen (secondary N) is 1. The fourth-order valence-electron chi connectivity index (χ4n) is 4.88. The number of hydrogen-bond acceptors (Lipinski definition) is 4. The predicted octanol–water partition coefficient (Wildman–Crippen LogP) is 6.24. The van der Waals surface area contributed by atoms with Crippen LogP contribution in [-0.4, -0.2) is 37.9 Å². The van der Waals surface area contributed by atoms with E-state index in [1.54, 1.807) is 0 Å². The largest absolute Gasteiger partial charge is 0.478 e. The summed E-state index contributed by atoms with van der Waals surface area (Å²) in [5, 5.41) is 13.2. The Morgan fingerprint density at radius 2 is 1.59 bits per heavy atom. The molecule has 0 saturated heterocycles. The number of carbonyl (C=O) groups excluding carboxylic acids is 1. The summed E-state index contributed by atoms with van der Waals surface area (Å²) >= 11 is 0. The lowest BCUT2D eigenvalue weighted by atomic mass is 9.66. The van der Waals surface area contributed by atoms with Crippen LogP contribution in [0.3, 0.4) is 0 Å². The van der Waals surface area contributed by atoms with E-state index < -0.39 is 38.8 Å². The van der Waals surface area contributed by atoms with Crippen LogP contribution in [0, 0.1) is 11.3 Å². The molecule has 190 valence electrons. The highest BCUT2D eigenvalue weighted by Gasteiger charge is 2.44. The van der Waals surface area contributed by atoms with Gasteiger partial charge in [0.2, 0.25) is 0 Å². The Hall–Kier alpha value is -2.12. The first-order valence-electron chi connectivity index (χ1n) is 12.4. The van der Waals surface area contributed by atoms with Gasteiger partial charge in [-0.1, -0.05) is 56.7 Å². The van der Waals surface area contributed by atoms with E-state index in [9.17, 15) is 14.7 Å². The maximum atomic E-state index is 13.1. The summed E-state index contributed by atoms with van der Waals surface area (Å²) in [6.07, 6.45) is 2.12. The summed E-state index contributed by atoms with van der Waals surface area (Å²) in [5.74, 6) is -1.11. The van der Waals surface area contributed by atoms with Crippen molar-refractivity contribution in [2.45, 2.75) is 98.1 Å². The minimum Gasteiger partial charge on any atom is -0.478 e. The average Bonchev–Trinajstić information content (AvgIpc) is 2.70. The zero-order valence-corrected chi connectivity index (χ0v) is 23.3. The highest BCUT2D eigenvalue weighted by atomic mass is 28.3. The average molecular weight is 490 g/mol. The van der Waals surface area contributed by atoms with Gasteiger partial charge in [-0.15, -0.1) is 0 Å². The molecule has 0 saturated carbocycles. The molecular weight excluding hydrogens is 446 g/mol. The molecule has 0 aromatic heterocycles. The Balaban J connectivity index is 2.71. The normalized spacial score (nSPS) is 17.8. The molecule has 1 aromatic rings. The zero-order chi connectivity index (χ0) is 25.7. The van der Waals surface area contributed by atoms with Gasteiger partial charge in [0.15, 0.2) is 9.04 Å². The fourth-order valence-corrected chi connectivity index (χ4v) is 5.79. The third-order valence-electron chi connectivity index (χ3n) is 5.99. The molecule has 0 bridgehead atoms. The van der Waals surface area contributed by atoms with E-state index in [-0.39, 0.29) is 11.3 Å². The number of ether oxygens (including phenoxy) is 1. The molecule has 1 aliphatic carbocycles. The van der Waals surface area contributed by atoms with Gasteiger partial charge in [0.25, 0.3) is 0 Å². The van der Waals surface area contributed by atoms with Crippen molar-refractivity contribution in [2.24, 2.45) is 11.3 Å². The van der Waals surface area contributed by atoms with E-state index in [0.717, 1.165) is 24.0 Å². The number of aliphatic carboxylic acids is 1. The van der Waals surface area contributed by atoms with Crippen molar-refractivity contribution in [1.82, 2.24) is 5.32 Å². The lowest BCUT2D eigenvalue weighted by molar-refractivity contribution is -0.133. The minimum atomic E-state index is -1.54. The second-order valence-corrected chi connectivity index (χ2v) is 13.9. The monoisotopic (exact) mass is 489 g/mol. The van der Waals surface area contributed by atoms with Crippen LogP contribution in [0.2, 0.25) is 13.1 Å². The smallest absolute Gasteiger partial charge is 0.407 e. The maximum Gasteiger partial charge on any atom is 0.407 e. The second-order valence-electron chi connectivity index (χ2n) is 11.5. The van der Waals surface area contributed by atoms with Gasteiger partial charge in [0, 0.05) is 11.5 Å². The molecule has 1 amide bonds. The standard InChI is InChI=1S/C27H43NO5Si/c1-26(2,3)21(19-16-12-13-17-20(19)24(29)30)22(28-25(31)32-27(4,5)6)23(33-34(7)8)18-14-10-9-11-15-18/h9-11,14-15,21-23,34H,12-13,16-17H2,1-8H3,(H,28,31)(H,29,30). The topological polar surface area (TPSA) is 84.9 Å². The molecule has 0 radical (unpaired) electrons. The highest BCUT2D eigenvalue weighted by molar-refractivity contribution is 6.48. The first-order valence-corrected chi connectivity index (χ1v) is 15.1. The third-order valence-corrected chi connectivity index (χ3v) is 6.83. The van der Waals surface area contributed by atoms with Crippen LogP contribution in [0.4, 0.5) is 4.79 Å². The van der Waals surface area contributed by atoms with Crippen molar-refractivity contribution in [3.63, 3.8) is 0 Å². The summed E-state index contributed by atoms with van der Waals surface area (Å²) in [6.45, 7) is 16.0. The van der Waals surface area contributed by atoms with E-state index in [1.165, 1.54) is 0 Å². The molecule has 2 rings (SSSR count). The Kier molecular flexibility index (Phi) is 9.54. The lowest BCUT2D eigenvalue weighted by Gasteiger charge is -2.44. The van der Waals surface area contributed by atoms with Crippen LogP contribution < -0.4 is 5.32 Å². The number of carboxylic acids is 1. The predicted molar refractivity (Wildman–Crippen MR) is 138 cm³/mol. The summed E-state index contributed by atoms with van der Waals surface area (Å²) in [6, 6.07) is 9.42. The Labute approximate surface area is 206 Å². The van der Waals surface area contributed by atoms with E-state index in [4.69, 9.17) is 9.16 Å². The first-order chi connectivity index (χ1) is 15.7. The van der Waals surface area contributed by atoms with Crippen LogP contribution in [0.15, 0.2) is 41.5 Å². The first kappa shape index (κ1) is 28.1. The number of alkyl carbamates (subject to hydrolysis) is 1. The zero-order valence-electron chi connectivity index (χ0n) is 22.1. The summed E-state index contributed by atoms with van der Waals surface area (Å²) < 4.78 is 12.2. The number of amides is 1. The van der Waals surface area contributed by atoms with Crippen molar-refractivity contribution in [3.05, 3.63) is 47.0 Å². The van der Waals surface area contributed by atoms with Crippen LogP contribution >= 0.6 is 0 Å². The Bertz CT molecular complexity index is 867. The summed E-state index contributed by atoms with van der Waals surface area (Å²) in [7, 11) is -1.54. The highest BCUT2D eigenvalue weighted by Crippen LogP contribution is 2.45. The SMILES string of the molecule is C[SiH](C)OC(c1ccccc1)C(NC(=O)OC(C)(C)C)C(C1=C(C(=O)O)CCCC1)C(C)(C)C. The molecule has 0 aliphatic heterocycles. The molecule has 2 N–H and O–H groups in total. The van der Waals surface area contributed by atoms with E-state index in [2.05, 4.69) is 39.2 Å². The molecule has 0 heterocycles. The van der Waals surface area contributed by atoms with Crippen molar-refractivity contribution >= 4 is 21.1 Å². The molecule has 1 aromatic carbocycles. The van der Waals surface area contributed by atoms with E-state index >= 15 is 0 Å². The van der Waals surface area contributed by atoms with E-state index in [1.807, 2.05) is 51.1 Å². The van der Waals surface area contributed by atoms with Gasteiger partial charge in [0.1, 0.15) is 5.60 Å². The molecule has 7 heteroatoms. The molecule has 0 spiro atoms. The molecule has 3 unspecified atom stereocenters. The Morgan fingerprint density at radius 3 is 2.09 bits per heavy atom. The maximum absolute atomic E-state index is 13.1. The van der Waals surface area contributed by atoms with E-state index in [0.29, 0.717) is 18.4 Å². The molecule has 1 aliphatic rings. The van der Waals surface area contributed by atoms with Gasteiger partial charge < -0.3 is 19.6 Å². The summed E-state index contributed by atoms with van der Waals surface area (Å²) in [4.78, 5) is 25.4. The van der Waals surface area contributed by atoms with Crippen molar-refractivity contribution in [1.29, 1.82) is 0 Å². The second kappa shape index (κ2) is 11.5. The molecule has 0 fully saturated rings. The molecule has 34 heavy (non-hydrogen) atoms. The van der Waals surface area contributed by atoms with Crippen molar-refractivity contribution in [3.8, 4) is 0 Å². The number of carbonyl (C=O) groups is 2. The quantitative estimate of drug-likeness (QED) is 0.422. The lowest BCUT2D eigenvalue weighted by Crippen LogP contribution is -2.52. The van der Waals surface area contributed by atoms with Gasteiger partial charge in [-0.3, -0.25) is 0 Å². The molecule has 6 nitrogen and oxygen atoms in total. The fraction of sp³-hybridized carbons (Fsp3) is 0.630. The van der Waals surface area contributed by atoms with Gasteiger partial charge in [-0.25, -0.2) is 9.59 Å². The van der Waals surface area contributed by atoms with Crippen molar-refractivity contribution < 1.29 is 23.9 Å². The van der Waals surface area contributed by atoms with Crippen LogP contribution in [0.1, 0.15) is 78.9 Å². The number of carboxylic acid groups (broad SMARTS) is 1. The molecular formula is C27H43NO5Si. The van der Waals surface area contributed by atoms with Gasteiger partial charge in [0.05, 0.1) is 12.1 Å². The third kappa shape index (κ3) is 7.98. The van der Waals surface area contributed by atoms with Crippen molar-refractivity contribution in [2.75, 3.05) is 0 Å². The van der Waals surface area contributed by atoms with Gasteiger partial charge in [-0.05, 0) is 70.5 Å². The number of hydrogen-bond donors (Lipinski definition) is 2. The van der Waals surface area contributed by atoms with Gasteiger partial charge in [-0.2, -0.15) is 0 Å². The van der Waals surface area contributed by atoms with Gasteiger partial charge >= 0.3 is 12.1 Å². The number of benzene rings is 1. The van der Waals surface area contributed by atoms with Crippen LogP contribution in [-0.2, 0) is 14.0 Å². The Morgan fingerprint density at radius 1 is 1.00 bits per heavy atom. The summed E-state index contributed by atoms with van der Waals surface area (Å²) in [5.41, 5.74) is 1.38. The molecule has 3 atom stereocenters. The minimum absolute atomic E-state index is 0.246. The van der Waals surface area contributed by atoms with Crippen LogP contribution in [0.5, 0.6) is 0 Å².